The monoisotopic (exact) mass is 648 g/mol. The van der Waals surface area contributed by atoms with Gasteiger partial charge in [0.2, 0.25) is 0 Å². The van der Waals surface area contributed by atoms with Gasteiger partial charge in [-0.3, -0.25) is 0 Å². The van der Waals surface area contributed by atoms with E-state index in [-0.39, 0.29) is 0 Å². The van der Waals surface area contributed by atoms with Gasteiger partial charge in [0.05, 0.1) is 11.4 Å². The summed E-state index contributed by atoms with van der Waals surface area (Å²) in [4.78, 5) is 0. The summed E-state index contributed by atoms with van der Waals surface area (Å²) >= 11 is 0. The third-order valence-corrected chi connectivity index (χ3v) is 10.4. The number of benzene rings is 9. The van der Waals surface area contributed by atoms with Crippen LogP contribution in [-0.2, 0) is 0 Å². The van der Waals surface area contributed by atoms with Crippen LogP contribution in [0.3, 0.4) is 0 Å². The SMILES string of the molecule is Cc1cccc2ccc3cccc(-c4cccc5ccc6cc(-c7ccc8cc(-c9ccc(-c%10ccccc%10)nn9)ccc8c7)ccc6c45)c3c12. The highest BCUT2D eigenvalue weighted by molar-refractivity contribution is 6.21. The summed E-state index contributed by atoms with van der Waals surface area (Å²) in [6.45, 7) is 2.23. The van der Waals surface area contributed by atoms with E-state index in [4.69, 9.17) is 0 Å². The topological polar surface area (TPSA) is 25.8 Å². The maximum absolute atomic E-state index is 4.56. The largest absolute Gasteiger partial charge is 0.150 e. The minimum atomic E-state index is 0.869. The molecule has 51 heavy (non-hydrogen) atoms. The van der Waals surface area contributed by atoms with Crippen molar-refractivity contribution in [1.82, 2.24) is 10.2 Å². The summed E-state index contributed by atoms with van der Waals surface area (Å²) in [5, 5.41) is 21.7. The van der Waals surface area contributed by atoms with Crippen LogP contribution in [0.1, 0.15) is 5.56 Å². The van der Waals surface area contributed by atoms with Gasteiger partial charge in [-0.15, -0.1) is 10.2 Å². The fourth-order valence-corrected chi connectivity index (χ4v) is 7.92. The Morgan fingerprint density at radius 3 is 1.53 bits per heavy atom. The second-order valence-electron chi connectivity index (χ2n) is 13.5. The molecule has 0 aliphatic heterocycles. The van der Waals surface area contributed by atoms with Crippen molar-refractivity contribution in [2.45, 2.75) is 6.92 Å². The van der Waals surface area contributed by atoms with Crippen molar-refractivity contribution >= 4 is 53.9 Å². The molecule has 0 spiro atoms. The summed E-state index contributed by atoms with van der Waals surface area (Å²) in [5.41, 5.74) is 10.1. The van der Waals surface area contributed by atoms with E-state index in [9.17, 15) is 0 Å². The minimum Gasteiger partial charge on any atom is -0.150 e. The third-order valence-electron chi connectivity index (χ3n) is 10.4. The molecule has 0 amide bonds. The van der Waals surface area contributed by atoms with Crippen molar-refractivity contribution in [1.29, 1.82) is 0 Å². The van der Waals surface area contributed by atoms with E-state index in [2.05, 4.69) is 169 Å². The lowest BCUT2D eigenvalue weighted by molar-refractivity contribution is 1.04. The lowest BCUT2D eigenvalue weighted by Crippen LogP contribution is -1.91. The zero-order valence-electron chi connectivity index (χ0n) is 28.1. The van der Waals surface area contributed by atoms with E-state index in [0.717, 1.165) is 22.5 Å². The molecular weight excluding hydrogens is 617 g/mol. The van der Waals surface area contributed by atoms with Crippen molar-refractivity contribution in [3.05, 3.63) is 181 Å². The van der Waals surface area contributed by atoms with Crippen LogP contribution in [0.15, 0.2) is 176 Å². The second-order valence-corrected chi connectivity index (χ2v) is 13.5. The lowest BCUT2D eigenvalue weighted by atomic mass is 9.88. The van der Waals surface area contributed by atoms with E-state index in [0.29, 0.717) is 0 Å². The molecule has 10 aromatic rings. The molecule has 0 atom stereocenters. The molecule has 0 saturated heterocycles. The summed E-state index contributed by atoms with van der Waals surface area (Å²) in [6, 6.07) is 63.6. The number of aromatic nitrogens is 2. The Kier molecular flexibility index (Phi) is 6.75. The zero-order valence-corrected chi connectivity index (χ0v) is 28.1. The third kappa shape index (κ3) is 4.95. The molecule has 0 aliphatic rings. The molecule has 0 N–H and O–H groups in total. The van der Waals surface area contributed by atoms with Crippen LogP contribution in [0.5, 0.6) is 0 Å². The zero-order chi connectivity index (χ0) is 33.9. The van der Waals surface area contributed by atoms with Crippen LogP contribution >= 0.6 is 0 Å². The van der Waals surface area contributed by atoms with E-state index in [1.54, 1.807) is 0 Å². The van der Waals surface area contributed by atoms with Crippen molar-refractivity contribution in [2.24, 2.45) is 0 Å². The summed E-state index contributed by atoms with van der Waals surface area (Å²) < 4.78 is 0. The molecule has 2 heteroatoms. The van der Waals surface area contributed by atoms with Crippen LogP contribution in [0.2, 0.25) is 0 Å². The van der Waals surface area contributed by atoms with Gasteiger partial charge >= 0.3 is 0 Å². The van der Waals surface area contributed by atoms with Crippen molar-refractivity contribution in [3.8, 4) is 44.8 Å². The number of hydrogen-bond acceptors (Lipinski definition) is 2. The fraction of sp³-hybridized carbons (Fsp3) is 0.0204. The lowest BCUT2D eigenvalue weighted by Gasteiger charge is -2.16. The van der Waals surface area contributed by atoms with Crippen molar-refractivity contribution < 1.29 is 0 Å². The first-order valence-electron chi connectivity index (χ1n) is 17.5. The standard InChI is InChI=1S/C49H32N2/c1-31-8-5-11-33-16-17-35-13-7-15-44(49(35)47(31)33)43-14-6-12-34-18-22-40-29-39(24-25-42(40)48(34)43)36-19-20-38-30-41(23-21-37(38)28-36)46-27-26-45(50-51-46)32-9-3-2-4-10-32/h2-30H,1H3. The van der Waals surface area contributed by atoms with Crippen LogP contribution in [0, 0.1) is 6.92 Å². The molecule has 0 fully saturated rings. The average Bonchev–Trinajstić information content (AvgIpc) is 3.20. The van der Waals surface area contributed by atoms with Gasteiger partial charge < -0.3 is 0 Å². The average molecular weight is 649 g/mol. The van der Waals surface area contributed by atoms with Crippen LogP contribution in [-0.4, -0.2) is 10.2 Å². The van der Waals surface area contributed by atoms with Gasteiger partial charge in [0, 0.05) is 11.1 Å². The first kappa shape index (κ1) is 29.3. The molecule has 0 radical (unpaired) electrons. The van der Waals surface area contributed by atoms with E-state index < -0.39 is 0 Å². The van der Waals surface area contributed by atoms with Crippen LogP contribution < -0.4 is 0 Å². The molecule has 238 valence electrons. The first-order valence-corrected chi connectivity index (χ1v) is 17.5. The highest BCUT2D eigenvalue weighted by atomic mass is 15.1. The summed E-state index contributed by atoms with van der Waals surface area (Å²) in [6.07, 6.45) is 0. The van der Waals surface area contributed by atoms with Gasteiger partial charge in [-0.05, 0) is 119 Å². The quantitative estimate of drug-likeness (QED) is 0.178. The maximum Gasteiger partial charge on any atom is 0.0930 e. The Hall–Kier alpha value is -6.64. The van der Waals surface area contributed by atoms with Crippen molar-refractivity contribution in [2.75, 3.05) is 0 Å². The number of nitrogens with zero attached hydrogens (tertiary/aromatic N) is 2. The summed E-state index contributed by atoms with van der Waals surface area (Å²) in [7, 11) is 0. The Morgan fingerprint density at radius 2 is 0.824 bits per heavy atom. The van der Waals surface area contributed by atoms with Crippen LogP contribution in [0.4, 0.5) is 0 Å². The Balaban J connectivity index is 1.05. The number of rotatable bonds is 4. The molecule has 10 rings (SSSR count). The Bertz CT molecular complexity index is 2960. The second kappa shape index (κ2) is 11.8. The molecule has 0 bridgehead atoms. The van der Waals surface area contributed by atoms with Gasteiger partial charge in [0.25, 0.3) is 0 Å². The van der Waals surface area contributed by atoms with E-state index in [1.807, 2.05) is 24.3 Å². The van der Waals surface area contributed by atoms with E-state index >= 15 is 0 Å². The van der Waals surface area contributed by atoms with E-state index in [1.165, 1.54) is 81.7 Å². The molecule has 1 heterocycles. The molecule has 2 nitrogen and oxygen atoms in total. The van der Waals surface area contributed by atoms with Gasteiger partial charge in [-0.1, -0.05) is 146 Å². The predicted molar refractivity (Wildman–Crippen MR) is 216 cm³/mol. The molecule has 0 unspecified atom stereocenters. The van der Waals surface area contributed by atoms with Gasteiger partial charge in [-0.25, -0.2) is 0 Å². The molecular formula is C49H32N2. The smallest absolute Gasteiger partial charge is 0.0930 e. The number of fused-ring (bicyclic) bond motifs is 7. The van der Waals surface area contributed by atoms with Crippen LogP contribution in [0.25, 0.3) is 98.6 Å². The number of aryl methyl sites for hydroxylation is 1. The molecule has 1 aromatic heterocycles. The van der Waals surface area contributed by atoms with Gasteiger partial charge in [0.15, 0.2) is 0 Å². The molecule has 9 aromatic carbocycles. The maximum atomic E-state index is 4.56. The molecule has 0 saturated carbocycles. The number of hydrogen-bond donors (Lipinski definition) is 0. The Morgan fingerprint density at radius 1 is 0.314 bits per heavy atom. The Labute approximate surface area is 296 Å². The van der Waals surface area contributed by atoms with Gasteiger partial charge in [0.1, 0.15) is 0 Å². The normalized spacial score (nSPS) is 11.6. The predicted octanol–water partition coefficient (Wildman–Crippen LogP) is 13.2. The minimum absolute atomic E-state index is 0.869. The van der Waals surface area contributed by atoms with Crippen molar-refractivity contribution in [3.63, 3.8) is 0 Å². The molecule has 0 aliphatic carbocycles. The highest BCUT2D eigenvalue weighted by Crippen LogP contribution is 2.41. The highest BCUT2D eigenvalue weighted by Gasteiger charge is 2.14. The van der Waals surface area contributed by atoms with Gasteiger partial charge in [-0.2, -0.15) is 0 Å². The fourth-order valence-electron chi connectivity index (χ4n) is 7.92. The summed E-state index contributed by atoms with van der Waals surface area (Å²) in [5.74, 6) is 0. The first-order chi connectivity index (χ1) is 25.2.